The van der Waals surface area contributed by atoms with Gasteiger partial charge in [-0.25, -0.2) is 0 Å². The minimum Gasteiger partial charge on any atom is -0.103 e. The van der Waals surface area contributed by atoms with Crippen LogP contribution in [0, 0.1) is 5.92 Å². The molecule has 0 nitrogen and oxygen atoms in total. The highest BCUT2D eigenvalue weighted by molar-refractivity contribution is 4.72. The third kappa shape index (κ3) is 2.01. The predicted octanol–water partition coefficient (Wildman–Crippen LogP) is 2.22. The molecule has 0 aliphatic rings. The van der Waals surface area contributed by atoms with Crippen LogP contribution in [0.1, 0.15) is 20.3 Å². The first-order chi connectivity index (χ1) is 2.81. The van der Waals surface area contributed by atoms with Gasteiger partial charge in [-0.1, -0.05) is 26.3 Å². The number of allylic oxidation sites excluding steroid dienone is 1. The minimum atomic E-state index is 0.699. The second kappa shape index (κ2) is 2.95. The zero-order valence-corrected chi connectivity index (χ0v) is 4.57. The standard InChI is InChI=1S/C6H12/c1-4-6(3)5-2/h4,6H,1,5H2,2-3H3/t6-/m0/s1. The molecule has 0 bridgehead atoms. The van der Waals surface area contributed by atoms with Crippen LogP contribution in [-0.4, -0.2) is 0 Å². The van der Waals surface area contributed by atoms with Crippen LogP contribution in [0.25, 0.3) is 0 Å². The van der Waals surface area contributed by atoms with Crippen molar-refractivity contribution < 1.29 is 0 Å². The Labute approximate surface area is 39.9 Å². The lowest BCUT2D eigenvalue weighted by atomic mass is 10.1. The van der Waals surface area contributed by atoms with E-state index in [4.69, 9.17) is 0 Å². The van der Waals surface area contributed by atoms with Crippen molar-refractivity contribution in [3.05, 3.63) is 12.7 Å². The number of rotatable bonds is 2. The molecular formula is C6H12. The molecule has 0 saturated heterocycles. The van der Waals surface area contributed by atoms with Gasteiger partial charge in [0.05, 0.1) is 0 Å². The third-order valence-electron chi connectivity index (χ3n) is 1.05. The first-order valence-electron chi connectivity index (χ1n) is 2.43. The molecule has 0 saturated carbocycles. The fourth-order valence-corrected chi connectivity index (χ4v) is 0.167. The largest absolute Gasteiger partial charge is 0.103 e. The van der Waals surface area contributed by atoms with E-state index < -0.39 is 0 Å². The quantitative estimate of drug-likeness (QED) is 0.450. The summed E-state index contributed by atoms with van der Waals surface area (Å²) in [4.78, 5) is 0. The maximum Gasteiger partial charge on any atom is -0.0267 e. The summed E-state index contributed by atoms with van der Waals surface area (Å²) in [7, 11) is 0. The predicted molar refractivity (Wildman–Crippen MR) is 29.7 cm³/mol. The Morgan fingerprint density at radius 2 is 2.33 bits per heavy atom. The Balaban J connectivity index is 2.96. The van der Waals surface area contributed by atoms with Gasteiger partial charge in [0, 0.05) is 0 Å². The van der Waals surface area contributed by atoms with Crippen molar-refractivity contribution in [1.29, 1.82) is 0 Å². The molecule has 0 unspecified atom stereocenters. The molecule has 0 radical (unpaired) electrons. The molecule has 6 heavy (non-hydrogen) atoms. The molecule has 0 fully saturated rings. The van der Waals surface area contributed by atoms with Gasteiger partial charge in [-0.05, 0) is 5.92 Å². The van der Waals surface area contributed by atoms with Crippen LogP contribution in [0.15, 0.2) is 12.7 Å². The fraction of sp³-hybridized carbons (Fsp3) is 0.667. The Kier molecular flexibility index (Phi) is 2.82. The molecule has 1 atom stereocenters. The van der Waals surface area contributed by atoms with Gasteiger partial charge in [0.2, 0.25) is 0 Å². The Morgan fingerprint density at radius 1 is 1.83 bits per heavy atom. The lowest BCUT2D eigenvalue weighted by molar-refractivity contribution is 0.700. The van der Waals surface area contributed by atoms with Crippen LogP contribution in [0.4, 0.5) is 0 Å². The lowest BCUT2D eigenvalue weighted by Gasteiger charge is -1.93. The summed E-state index contributed by atoms with van der Waals surface area (Å²) in [5, 5.41) is 0. The van der Waals surface area contributed by atoms with Crippen LogP contribution >= 0.6 is 0 Å². The molecule has 0 rings (SSSR count). The Hall–Kier alpha value is -0.260. The second-order valence-electron chi connectivity index (χ2n) is 1.62. The van der Waals surface area contributed by atoms with E-state index in [1.165, 1.54) is 6.42 Å². The van der Waals surface area contributed by atoms with Crippen LogP contribution in [-0.2, 0) is 0 Å². The molecule has 0 heteroatoms. The van der Waals surface area contributed by atoms with Crippen molar-refractivity contribution in [2.75, 3.05) is 0 Å². The van der Waals surface area contributed by atoms with Crippen molar-refractivity contribution in [3.63, 3.8) is 0 Å². The first kappa shape index (κ1) is 5.74. The van der Waals surface area contributed by atoms with Crippen molar-refractivity contribution in [3.8, 4) is 0 Å². The summed E-state index contributed by atoms with van der Waals surface area (Å²) in [5.41, 5.74) is 0. The molecule has 0 amide bonds. The summed E-state index contributed by atoms with van der Waals surface area (Å²) in [6.07, 6.45) is 3.18. The lowest BCUT2D eigenvalue weighted by Crippen LogP contribution is -1.80. The monoisotopic (exact) mass is 84.1 g/mol. The van der Waals surface area contributed by atoms with Crippen molar-refractivity contribution in [2.24, 2.45) is 5.92 Å². The van der Waals surface area contributed by atoms with Crippen molar-refractivity contribution >= 4 is 0 Å². The SMILES string of the molecule is C=C[C@H](C)CC. The molecule has 0 aliphatic carbocycles. The van der Waals surface area contributed by atoms with E-state index >= 15 is 0 Å². The average Bonchev–Trinajstić information content (AvgIpc) is 1.65. The van der Waals surface area contributed by atoms with Gasteiger partial charge in [0.15, 0.2) is 0 Å². The maximum absolute atomic E-state index is 3.63. The smallest absolute Gasteiger partial charge is 0.0267 e. The van der Waals surface area contributed by atoms with Gasteiger partial charge in [0.1, 0.15) is 0 Å². The zero-order valence-electron chi connectivity index (χ0n) is 4.57. The molecule has 0 spiro atoms. The highest BCUT2D eigenvalue weighted by Gasteiger charge is 1.84. The summed E-state index contributed by atoms with van der Waals surface area (Å²) in [6.45, 7) is 7.95. The van der Waals surface area contributed by atoms with E-state index in [9.17, 15) is 0 Å². The zero-order chi connectivity index (χ0) is 4.99. The normalized spacial score (nSPS) is 13.7. The molecule has 0 heterocycles. The van der Waals surface area contributed by atoms with E-state index in [1.807, 2.05) is 6.08 Å². The summed E-state index contributed by atoms with van der Waals surface area (Å²) in [6, 6.07) is 0. The van der Waals surface area contributed by atoms with E-state index in [1.54, 1.807) is 0 Å². The second-order valence-corrected chi connectivity index (χ2v) is 1.62. The fourth-order valence-electron chi connectivity index (χ4n) is 0.167. The minimum absolute atomic E-state index is 0.699. The van der Waals surface area contributed by atoms with E-state index in [2.05, 4.69) is 20.4 Å². The van der Waals surface area contributed by atoms with Gasteiger partial charge in [0.25, 0.3) is 0 Å². The average molecular weight is 84.2 g/mol. The van der Waals surface area contributed by atoms with Crippen LogP contribution in [0.3, 0.4) is 0 Å². The first-order valence-corrected chi connectivity index (χ1v) is 2.43. The Bertz CT molecular complexity index is 37.3. The molecule has 0 N–H and O–H groups in total. The topological polar surface area (TPSA) is 0 Å². The van der Waals surface area contributed by atoms with Crippen LogP contribution < -0.4 is 0 Å². The molecule has 0 aliphatic heterocycles. The van der Waals surface area contributed by atoms with Gasteiger partial charge < -0.3 is 0 Å². The highest BCUT2D eigenvalue weighted by atomic mass is 13.9. The van der Waals surface area contributed by atoms with Gasteiger partial charge in [-0.2, -0.15) is 0 Å². The third-order valence-corrected chi connectivity index (χ3v) is 1.05. The van der Waals surface area contributed by atoms with Gasteiger partial charge >= 0.3 is 0 Å². The highest BCUT2D eigenvalue weighted by Crippen LogP contribution is 1.98. The number of hydrogen-bond acceptors (Lipinski definition) is 0. The van der Waals surface area contributed by atoms with Gasteiger partial charge in [-0.15, -0.1) is 6.58 Å². The Morgan fingerprint density at radius 3 is 2.33 bits per heavy atom. The summed E-state index contributed by atoms with van der Waals surface area (Å²) < 4.78 is 0. The van der Waals surface area contributed by atoms with Crippen LogP contribution in [0.2, 0.25) is 0 Å². The molecule has 0 aromatic rings. The summed E-state index contributed by atoms with van der Waals surface area (Å²) in [5.74, 6) is 0.699. The van der Waals surface area contributed by atoms with E-state index in [-0.39, 0.29) is 0 Å². The molecule has 0 aromatic carbocycles. The van der Waals surface area contributed by atoms with E-state index in [0.29, 0.717) is 5.92 Å². The van der Waals surface area contributed by atoms with Gasteiger partial charge in [-0.3, -0.25) is 0 Å². The van der Waals surface area contributed by atoms with Crippen LogP contribution in [0.5, 0.6) is 0 Å². The molecule has 0 aromatic heterocycles. The van der Waals surface area contributed by atoms with Crippen molar-refractivity contribution in [1.82, 2.24) is 0 Å². The molecule has 36 valence electrons. The maximum atomic E-state index is 3.63. The van der Waals surface area contributed by atoms with Crippen molar-refractivity contribution in [2.45, 2.75) is 20.3 Å². The number of hydrogen-bond donors (Lipinski definition) is 0. The van der Waals surface area contributed by atoms with E-state index in [0.717, 1.165) is 0 Å². The summed E-state index contributed by atoms with van der Waals surface area (Å²) >= 11 is 0. The molecular weight excluding hydrogens is 72.1 g/mol.